The van der Waals surface area contributed by atoms with Crippen LogP contribution in [0.1, 0.15) is 19.8 Å². The van der Waals surface area contributed by atoms with E-state index in [1.165, 1.54) is 10.6 Å². The summed E-state index contributed by atoms with van der Waals surface area (Å²) in [6.45, 7) is 3.56. The van der Waals surface area contributed by atoms with Gasteiger partial charge in [-0.2, -0.15) is 0 Å². The quantitative estimate of drug-likeness (QED) is 0.713. The molecule has 0 unspecified atom stereocenters. The summed E-state index contributed by atoms with van der Waals surface area (Å²) in [7, 11) is -1.31. The van der Waals surface area contributed by atoms with Crippen LogP contribution in [0.4, 0.5) is 0 Å². The summed E-state index contributed by atoms with van der Waals surface area (Å²) in [4.78, 5) is 13.5. The molecule has 1 amide bonds. The molecular formula is C10H20N2O3S. The first-order valence-corrected chi connectivity index (χ1v) is 7.41. The van der Waals surface area contributed by atoms with E-state index in [0.717, 1.165) is 0 Å². The molecule has 5 nitrogen and oxygen atoms in total. The van der Waals surface area contributed by atoms with Gasteiger partial charge in [0.25, 0.3) is 0 Å². The normalized spacial score (nSPS) is 19.7. The van der Waals surface area contributed by atoms with Crippen LogP contribution in [0.2, 0.25) is 0 Å². The van der Waals surface area contributed by atoms with Crippen molar-refractivity contribution in [2.45, 2.75) is 19.8 Å². The zero-order valence-corrected chi connectivity index (χ0v) is 11.0. The Balaban J connectivity index is 2.53. The molecule has 0 radical (unpaired) electrons. The number of nitrogens with zero attached hydrogens (tertiary/aromatic N) is 2. The van der Waals surface area contributed by atoms with Crippen LogP contribution in [-0.4, -0.2) is 56.5 Å². The molecule has 0 aromatic heterocycles. The van der Waals surface area contributed by atoms with Crippen LogP contribution in [0.15, 0.2) is 0 Å². The maximum absolute atomic E-state index is 11.8. The fraction of sp³-hybridized carbons (Fsp3) is 0.900. The maximum atomic E-state index is 11.8. The van der Waals surface area contributed by atoms with Gasteiger partial charge in [-0.3, -0.25) is 4.79 Å². The van der Waals surface area contributed by atoms with Gasteiger partial charge in [-0.05, 0) is 19.8 Å². The molecule has 16 heavy (non-hydrogen) atoms. The molecule has 1 heterocycles. The number of hydrogen-bond acceptors (Lipinski definition) is 3. The van der Waals surface area contributed by atoms with Crippen LogP contribution in [0.5, 0.6) is 0 Å². The van der Waals surface area contributed by atoms with E-state index >= 15 is 0 Å². The molecule has 1 aliphatic rings. The lowest BCUT2D eigenvalue weighted by atomic mass is 9.97. The number of piperidine rings is 1. The molecule has 6 heteroatoms. The van der Waals surface area contributed by atoms with E-state index < -0.39 is 10.0 Å². The first-order chi connectivity index (χ1) is 7.36. The third kappa shape index (κ3) is 3.18. The standard InChI is InChI=1S/C10H20N2O3S/c1-4-11(2)10(13)9-5-7-12(8-6-9)16(3,14)15/h9H,4-8H2,1-3H3. The smallest absolute Gasteiger partial charge is 0.225 e. The van der Waals surface area contributed by atoms with Gasteiger partial charge in [0.1, 0.15) is 0 Å². The molecule has 1 fully saturated rings. The van der Waals surface area contributed by atoms with Gasteiger partial charge in [0.2, 0.25) is 15.9 Å². The second-order valence-corrected chi connectivity index (χ2v) is 6.27. The van der Waals surface area contributed by atoms with Crippen molar-refractivity contribution in [2.75, 3.05) is 32.9 Å². The Labute approximate surface area is 97.5 Å². The Bertz CT molecular complexity index is 345. The number of amides is 1. The fourth-order valence-corrected chi connectivity index (χ4v) is 2.78. The highest BCUT2D eigenvalue weighted by atomic mass is 32.2. The topological polar surface area (TPSA) is 57.7 Å². The summed E-state index contributed by atoms with van der Waals surface area (Å²) < 4.78 is 24.0. The molecule has 94 valence electrons. The molecule has 0 aromatic carbocycles. The van der Waals surface area contributed by atoms with Gasteiger partial charge >= 0.3 is 0 Å². The molecule has 0 bridgehead atoms. The van der Waals surface area contributed by atoms with Crippen LogP contribution < -0.4 is 0 Å². The number of hydrogen-bond donors (Lipinski definition) is 0. The van der Waals surface area contributed by atoms with Gasteiger partial charge in [-0.15, -0.1) is 0 Å². The Morgan fingerprint density at radius 1 is 1.38 bits per heavy atom. The van der Waals surface area contributed by atoms with Crippen LogP contribution in [0.3, 0.4) is 0 Å². The molecule has 0 N–H and O–H groups in total. The van der Waals surface area contributed by atoms with Crippen molar-refractivity contribution in [1.82, 2.24) is 9.21 Å². The average molecular weight is 248 g/mol. The van der Waals surface area contributed by atoms with E-state index in [-0.39, 0.29) is 11.8 Å². The van der Waals surface area contributed by atoms with Crippen molar-refractivity contribution < 1.29 is 13.2 Å². The Morgan fingerprint density at radius 2 is 1.88 bits per heavy atom. The summed E-state index contributed by atoms with van der Waals surface area (Å²) in [6, 6.07) is 0. The lowest BCUT2D eigenvalue weighted by molar-refractivity contribution is -0.135. The van der Waals surface area contributed by atoms with E-state index in [4.69, 9.17) is 0 Å². The van der Waals surface area contributed by atoms with Crippen LogP contribution in [-0.2, 0) is 14.8 Å². The second kappa shape index (κ2) is 5.14. The Morgan fingerprint density at radius 3 is 2.25 bits per heavy atom. The number of carbonyl (C=O) groups excluding carboxylic acids is 1. The van der Waals surface area contributed by atoms with Gasteiger partial charge < -0.3 is 4.90 Å². The monoisotopic (exact) mass is 248 g/mol. The SMILES string of the molecule is CCN(C)C(=O)C1CCN(S(C)(=O)=O)CC1. The summed E-state index contributed by atoms with van der Waals surface area (Å²) in [6.07, 6.45) is 2.49. The minimum Gasteiger partial charge on any atom is -0.346 e. The van der Waals surface area contributed by atoms with Crippen LogP contribution in [0, 0.1) is 5.92 Å². The Kier molecular flexibility index (Phi) is 4.32. The molecule has 0 saturated carbocycles. The minimum atomic E-state index is -3.09. The highest BCUT2D eigenvalue weighted by Gasteiger charge is 2.29. The summed E-state index contributed by atoms with van der Waals surface area (Å²) in [5, 5.41) is 0. The zero-order valence-electron chi connectivity index (χ0n) is 10.1. The third-order valence-corrected chi connectivity index (χ3v) is 4.43. The molecule has 0 atom stereocenters. The van der Waals surface area contributed by atoms with E-state index in [9.17, 15) is 13.2 Å². The summed E-state index contributed by atoms with van der Waals surface area (Å²) in [5.74, 6) is 0.124. The van der Waals surface area contributed by atoms with Crippen molar-refractivity contribution in [1.29, 1.82) is 0 Å². The van der Waals surface area contributed by atoms with Gasteiger partial charge in [-0.1, -0.05) is 0 Å². The molecular weight excluding hydrogens is 228 g/mol. The predicted molar refractivity (Wildman–Crippen MR) is 62.5 cm³/mol. The number of rotatable bonds is 3. The highest BCUT2D eigenvalue weighted by Crippen LogP contribution is 2.20. The van der Waals surface area contributed by atoms with Gasteiger partial charge in [-0.25, -0.2) is 12.7 Å². The molecule has 1 aliphatic heterocycles. The van der Waals surface area contributed by atoms with Crippen LogP contribution >= 0.6 is 0 Å². The van der Waals surface area contributed by atoms with Gasteiger partial charge in [0, 0.05) is 32.6 Å². The largest absolute Gasteiger partial charge is 0.346 e. The maximum Gasteiger partial charge on any atom is 0.225 e. The molecule has 1 rings (SSSR count). The van der Waals surface area contributed by atoms with Crippen molar-refractivity contribution in [3.8, 4) is 0 Å². The van der Waals surface area contributed by atoms with Gasteiger partial charge in [0.15, 0.2) is 0 Å². The van der Waals surface area contributed by atoms with Crippen molar-refractivity contribution in [2.24, 2.45) is 5.92 Å². The van der Waals surface area contributed by atoms with Gasteiger partial charge in [0.05, 0.1) is 6.26 Å². The summed E-state index contributed by atoms with van der Waals surface area (Å²) >= 11 is 0. The lowest BCUT2D eigenvalue weighted by Crippen LogP contribution is -2.43. The van der Waals surface area contributed by atoms with Crippen molar-refractivity contribution in [3.63, 3.8) is 0 Å². The summed E-state index contributed by atoms with van der Waals surface area (Å²) in [5.41, 5.74) is 0. The third-order valence-electron chi connectivity index (χ3n) is 3.12. The van der Waals surface area contributed by atoms with Crippen molar-refractivity contribution >= 4 is 15.9 Å². The number of carbonyl (C=O) groups is 1. The van der Waals surface area contributed by atoms with E-state index in [1.807, 2.05) is 6.92 Å². The molecule has 0 aromatic rings. The molecule has 1 saturated heterocycles. The van der Waals surface area contributed by atoms with Crippen LogP contribution in [0.25, 0.3) is 0 Å². The van der Waals surface area contributed by atoms with Crippen molar-refractivity contribution in [3.05, 3.63) is 0 Å². The average Bonchev–Trinajstić information content (AvgIpc) is 2.26. The minimum absolute atomic E-state index is 0.0112. The Hall–Kier alpha value is -0.620. The van der Waals surface area contributed by atoms with E-state index in [2.05, 4.69) is 0 Å². The zero-order chi connectivity index (χ0) is 12.3. The highest BCUT2D eigenvalue weighted by molar-refractivity contribution is 7.88. The fourth-order valence-electron chi connectivity index (χ4n) is 1.90. The first kappa shape index (κ1) is 13.4. The van der Waals surface area contributed by atoms with E-state index in [1.54, 1.807) is 11.9 Å². The lowest BCUT2D eigenvalue weighted by Gasteiger charge is -2.31. The molecule has 0 aliphatic carbocycles. The van der Waals surface area contributed by atoms with E-state index in [0.29, 0.717) is 32.5 Å². The number of sulfonamides is 1. The molecule has 0 spiro atoms. The first-order valence-electron chi connectivity index (χ1n) is 5.56. The predicted octanol–water partition coefficient (Wildman–Crippen LogP) is 0.136. The second-order valence-electron chi connectivity index (χ2n) is 4.29.